The number of rotatable bonds is 4. The molecule has 4 amide bonds. The molecule has 1 unspecified atom stereocenters. The second kappa shape index (κ2) is 7.90. The lowest BCUT2D eigenvalue weighted by Crippen LogP contribution is -2.28. The van der Waals surface area contributed by atoms with Crippen molar-refractivity contribution >= 4 is 34.9 Å². The number of nitrogens with zero attached hydrogens (tertiary/aromatic N) is 1. The lowest BCUT2D eigenvalue weighted by Gasteiger charge is -2.17. The van der Waals surface area contributed by atoms with E-state index in [1.54, 1.807) is 29.2 Å². The summed E-state index contributed by atoms with van der Waals surface area (Å²) in [6.07, 6.45) is 0.190. The molecular weight excluding hydrogens is 344 g/mol. The Morgan fingerprint density at radius 2 is 1.56 bits per heavy atom. The normalized spacial score (nSPS) is 16.1. The molecule has 1 atom stereocenters. The van der Waals surface area contributed by atoms with Crippen molar-refractivity contribution in [1.29, 1.82) is 0 Å². The Bertz CT molecular complexity index is 847. The smallest absolute Gasteiger partial charge is 0.318 e. The second-order valence-electron chi connectivity index (χ2n) is 6.51. The monoisotopic (exact) mass is 366 g/mol. The Labute approximate surface area is 157 Å². The first kappa shape index (κ1) is 18.4. The van der Waals surface area contributed by atoms with E-state index in [-0.39, 0.29) is 24.3 Å². The van der Waals surface area contributed by atoms with Crippen molar-refractivity contribution < 1.29 is 14.4 Å². The summed E-state index contributed by atoms with van der Waals surface area (Å²) in [6, 6.07) is 14.2. The molecule has 0 aliphatic carbocycles. The molecule has 3 N–H and O–H groups in total. The first-order valence-electron chi connectivity index (χ1n) is 8.73. The van der Waals surface area contributed by atoms with Crippen LogP contribution in [0.2, 0.25) is 0 Å². The second-order valence-corrected chi connectivity index (χ2v) is 6.51. The van der Waals surface area contributed by atoms with Gasteiger partial charge in [-0.3, -0.25) is 9.59 Å². The highest BCUT2D eigenvalue weighted by Gasteiger charge is 2.35. The number of urea groups is 1. The average Bonchev–Trinajstić information content (AvgIpc) is 3.06. The van der Waals surface area contributed by atoms with Crippen molar-refractivity contribution in [3.63, 3.8) is 0 Å². The van der Waals surface area contributed by atoms with Gasteiger partial charge in [-0.1, -0.05) is 17.7 Å². The van der Waals surface area contributed by atoms with Crippen LogP contribution in [0.25, 0.3) is 0 Å². The molecule has 3 rings (SSSR count). The molecule has 1 fully saturated rings. The third-order valence-electron chi connectivity index (χ3n) is 4.48. The fourth-order valence-electron chi connectivity index (χ4n) is 2.93. The summed E-state index contributed by atoms with van der Waals surface area (Å²) in [5, 5.41) is 7.95. The Morgan fingerprint density at radius 1 is 0.963 bits per heavy atom. The fraction of sp³-hybridized carbons (Fsp3) is 0.250. The molecule has 7 nitrogen and oxygen atoms in total. The first-order chi connectivity index (χ1) is 13.0. The van der Waals surface area contributed by atoms with Gasteiger partial charge in [-0.2, -0.15) is 0 Å². The van der Waals surface area contributed by atoms with Crippen LogP contribution in [-0.4, -0.2) is 31.4 Å². The molecule has 0 radical (unpaired) electrons. The topological polar surface area (TPSA) is 90.5 Å². The highest BCUT2D eigenvalue weighted by molar-refractivity contribution is 6.03. The third kappa shape index (κ3) is 4.44. The minimum atomic E-state index is -0.400. The van der Waals surface area contributed by atoms with Crippen LogP contribution in [0.1, 0.15) is 12.0 Å². The highest BCUT2D eigenvalue weighted by atomic mass is 16.2. The molecule has 27 heavy (non-hydrogen) atoms. The maximum absolute atomic E-state index is 12.5. The number of benzene rings is 2. The number of nitrogens with one attached hydrogen (secondary N) is 3. The molecule has 2 aromatic carbocycles. The fourth-order valence-corrected chi connectivity index (χ4v) is 2.93. The van der Waals surface area contributed by atoms with Crippen molar-refractivity contribution in [2.24, 2.45) is 5.92 Å². The summed E-state index contributed by atoms with van der Waals surface area (Å²) in [5.74, 6) is -0.642. The number of anilines is 3. The zero-order valence-electron chi connectivity index (χ0n) is 15.3. The molecule has 1 aliphatic rings. The molecule has 0 spiro atoms. The van der Waals surface area contributed by atoms with Gasteiger partial charge in [0.25, 0.3) is 0 Å². The minimum Gasteiger partial charge on any atom is -0.341 e. The first-order valence-corrected chi connectivity index (χ1v) is 8.73. The van der Waals surface area contributed by atoms with E-state index in [1.165, 1.54) is 7.05 Å². The molecule has 0 saturated carbocycles. The number of aryl methyl sites for hydroxylation is 1. The lowest BCUT2D eigenvalue weighted by atomic mass is 10.1. The van der Waals surface area contributed by atoms with E-state index in [0.29, 0.717) is 17.9 Å². The average molecular weight is 366 g/mol. The predicted octanol–water partition coefficient (Wildman–Crippen LogP) is 2.74. The van der Waals surface area contributed by atoms with E-state index < -0.39 is 5.92 Å². The van der Waals surface area contributed by atoms with Crippen molar-refractivity contribution in [2.45, 2.75) is 13.3 Å². The van der Waals surface area contributed by atoms with E-state index in [0.717, 1.165) is 11.3 Å². The molecule has 1 heterocycles. The van der Waals surface area contributed by atoms with Crippen LogP contribution in [0, 0.1) is 12.8 Å². The van der Waals surface area contributed by atoms with E-state index in [4.69, 9.17) is 0 Å². The summed E-state index contributed by atoms with van der Waals surface area (Å²) in [5.41, 5.74) is 3.16. The van der Waals surface area contributed by atoms with E-state index in [2.05, 4.69) is 16.0 Å². The standard InChI is InChI=1S/C20H22N4O3/c1-13-3-9-17(10-4-13)24-12-14(11-18(24)25)19(26)22-15-5-7-16(8-6-15)23-20(27)21-2/h3-10,14H,11-12H2,1-2H3,(H,22,26)(H2,21,23,27). The predicted molar refractivity (Wildman–Crippen MR) is 105 cm³/mol. The number of amides is 4. The lowest BCUT2D eigenvalue weighted by molar-refractivity contribution is -0.122. The highest BCUT2D eigenvalue weighted by Crippen LogP contribution is 2.26. The van der Waals surface area contributed by atoms with Gasteiger partial charge in [-0.05, 0) is 43.3 Å². The maximum Gasteiger partial charge on any atom is 0.318 e. The van der Waals surface area contributed by atoms with Crippen LogP contribution < -0.4 is 20.9 Å². The molecule has 0 aromatic heterocycles. The van der Waals surface area contributed by atoms with Crippen LogP contribution in [-0.2, 0) is 9.59 Å². The Balaban J connectivity index is 1.60. The summed E-state index contributed by atoms with van der Waals surface area (Å²) in [7, 11) is 1.53. The van der Waals surface area contributed by atoms with Crippen molar-refractivity contribution in [2.75, 3.05) is 29.1 Å². The van der Waals surface area contributed by atoms with Gasteiger partial charge >= 0.3 is 6.03 Å². The van der Waals surface area contributed by atoms with Gasteiger partial charge < -0.3 is 20.9 Å². The largest absolute Gasteiger partial charge is 0.341 e. The number of hydrogen-bond donors (Lipinski definition) is 3. The number of carbonyl (C=O) groups excluding carboxylic acids is 3. The van der Waals surface area contributed by atoms with Crippen molar-refractivity contribution in [1.82, 2.24) is 5.32 Å². The van der Waals surface area contributed by atoms with Gasteiger partial charge in [-0.25, -0.2) is 4.79 Å². The summed E-state index contributed by atoms with van der Waals surface area (Å²) in [6.45, 7) is 2.35. The summed E-state index contributed by atoms with van der Waals surface area (Å²) in [4.78, 5) is 37.8. The Kier molecular flexibility index (Phi) is 5.40. The van der Waals surface area contributed by atoms with Gasteiger partial charge in [0, 0.05) is 37.1 Å². The van der Waals surface area contributed by atoms with Crippen LogP contribution in [0.15, 0.2) is 48.5 Å². The van der Waals surface area contributed by atoms with Crippen LogP contribution in [0.4, 0.5) is 21.9 Å². The molecule has 1 saturated heterocycles. The summed E-state index contributed by atoms with van der Waals surface area (Å²) < 4.78 is 0. The van der Waals surface area contributed by atoms with Crippen LogP contribution in [0.5, 0.6) is 0 Å². The van der Waals surface area contributed by atoms with E-state index >= 15 is 0 Å². The molecule has 140 valence electrons. The number of hydrogen-bond acceptors (Lipinski definition) is 3. The van der Waals surface area contributed by atoms with E-state index in [1.807, 2.05) is 31.2 Å². The zero-order valence-corrected chi connectivity index (χ0v) is 15.3. The molecular formula is C20H22N4O3. The zero-order chi connectivity index (χ0) is 19.4. The quantitative estimate of drug-likeness (QED) is 0.777. The maximum atomic E-state index is 12.5. The summed E-state index contributed by atoms with van der Waals surface area (Å²) >= 11 is 0. The number of carbonyl (C=O) groups is 3. The minimum absolute atomic E-state index is 0.0517. The van der Waals surface area contributed by atoms with Gasteiger partial charge in [0.2, 0.25) is 11.8 Å². The molecule has 7 heteroatoms. The molecule has 2 aromatic rings. The van der Waals surface area contributed by atoms with E-state index in [9.17, 15) is 14.4 Å². The van der Waals surface area contributed by atoms with Crippen LogP contribution in [0.3, 0.4) is 0 Å². The third-order valence-corrected chi connectivity index (χ3v) is 4.48. The van der Waals surface area contributed by atoms with Gasteiger partial charge in [0.1, 0.15) is 0 Å². The molecule has 1 aliphatic heterocycles. The molecule has 0 bridgehead atoms. The van der Waals surface area contributed by atoms with Crippen molar-refractivity contribution in [3.8, 4) is 0 Å². The Hall–Kier alpha value is -3.35. The van der Waals surface area contributed by atoms with Crippen molar-refractivity contribution in [3.05, 3.63) is 54.1 Å². The van der Waals surface area contributed by atoms with Gasteiger partial charge in [0.15, 0.2) is 0 Å². The van der Waals surface area contributed by atoms with Gasteiger partial charge in [0.05, 0.1) is 5.92 Å². The van der Waals surface area contributed by atoms with Crippen LogP contribution >= 0.6 is 0 Å². The SMILES string of the molecule is CNC(=O)Nc1ccc(NC(=O)C2CC(=O)N(c3ccc(C)cc3)C2)cc1. The Morgan fingerprint density at radius 3 is 2.15 bits per heavy atom. The van der Waals surface area contributed by atoms with Gasteiger partial charge in [-0.15, -0.1) is 0 Å².